The summed E-state index contributed by atoms with van der Waals surface area (Å²) in [6, 6.07) is 0. The van der Waals surface area contributed by atoms with Crippen molar-refractivity contribution in [3.63, 3.8) is 0 Å². The van der Waals surface area contributed by atoms with Gasteiger partial charge in [0.2, 0.25) is 0 Å². The van der Waals surface area contributed by atoms with Crippen LogP contribution in [0, 0.1) is 11.8 Å². The van der Waals surface area contributed by atoms with Crippen LogP contribution in [-0.2, 0) is 4.79 Å². The van der Waals surface area contributed by atoms with E-state index in [-0.39, 0.29) is 10.6 Å². The monoisotopic (exact) mass is 196 g/mol. The second-order valence-electron chi connectivity index (χ2n) is 1.95. The second kappa shape index (κ2) is 3.69. The quantitative estimate of drug-likeness (QED) is 0.602. The summed E-state index contributed by atoms with van der Waals surface area (Å²) in [6.45, 7) is 0. The van der Waals surface area contributed by atoms with Crippen molar-refractivity contribution < 1.29 is 14.7 Å². The Morgan fingerprint density at radius 1 is 1.62 bits per heavy atom. The maximum atomic E-state index is 10.5. The van der Waals surface area contributed by atoms with Crippen LogP contribution >= 0.6 is 11.3 Å². The number of hydrogen-bond acceptors (Lipinski definition) is 4. The number of nitrogens with zero attached hydrogens (tertiary/aromatic N) is 1. The Balaban J connectivity index is 3.04. The van der Waals surface area contributed by atoms with Crippen LogP contribution in [0.1, 0.15) is 15.4 Å². The number of thiazole rings is 1. The Bertz CT molecular complexity index is 413. The molecule has 0 spiro atoms. The molecule has 1 rings (SSSR count). The number of carboxylic acid groups (broad SMARTS) is 1. The first kappa shape index (κ1) is 9.22. The summed E-state index contributed by atoms with van der Waals surface area (Å²) in [5.74, 6) is 2.39. The van der Waals surface area contributed by atoms with Crippen molar-refractivity contribution in [3.05, 3.63) is 16.1 Å². The Hall–Kier alpha value is -1.87. The van der Waals surface area contributed by atoms with Gasteiger partial charge < -0.3 is 10.8 Å². The largest absolute Gasteiger partial charge is 0.476 e. The third-order valence-electron chi connectivity index (χ3n) is 1.07. The van der Waals surface area contributed by atoms with Gasteiger partial charge in [0.05, 0.1) is 5.51 Å². The first-order valence-electron chi connectivity index (χ1n) is 3.09. The Morgan fingerprint density at radius 3 is 2.85 bits per heavy atom. The van der Waals surface area contributed by atoms with E-state index in [0.717, 1.165) is 11.3 Å². The molecule has 0 aliphatic rings. The molecule has 66 valence electrons. The fraction of sp³-hybridized carbons (Fsp3) is 0. The summed E-state index contributed by atoms with van der Waals surface area (Å²) in [5.41, 5.74) is 5.95. The molecule has 1 aromatic heterocycles. The number of nitrogens with two attached hydrogens (primary N) is 1. The summed E-state index contributed by atoms with van der Waals surface area (Å²) in [7, 11) is 0. The van der Waals surface area contributed by atoms with Gasteiger partial charge in [0, 0.05) is 5.92 Å². The molecule has 0 bridgehead atoms. The molecule has 0 aliphatic heterocycles. The molecule has 6 heteroatoms. The van der Waals surface area contributed by atoms with Gasteiger partial charge in [-0.15, -0.1) is 11.3 Å². The van der Waals surface area contributed by atoms with E-state index < -0.39 is 11.9 Å². The number of hydrogen-bond donors (Lipinski definition) is 2. The maximum absolute atomic E-state index is 10.5. The molecule has 5 nitrogen and oxygen atoms in total. The minimum absolute atomic E-state index is 0.154. The van der Waals surface area contributed by atoms with Crippen molar-refractivity contribution in [2.24, 2.45) is 5.73 Å². The fourth-order valence-electron chi connectivity index (χ4n) is 0.606. The standard InChI is InChI=1S/C7H4N2O3S/c8-5(10)2-1-4-6(7(11)12)9-3-13-4/h3H,(H2,8,10)(H,11,12). The van der Waals surface area contributed by atoms with E-state index in [2.05, 4.69) is 10.9 Å². The third-order valence-corrected chi connectivity index (χ3v) is 1.81. The number of aromatic carboxylic acids is 1. The molecule has 13 heavy (non-hydrogen) atoms. The first-order valence-corrected chi connectivity index (χ1v) is 3.97. The van der Waals surface area contributed by atoms with Gasteiger partial charge in [-0.2, -0.15) is 0 Å². The number of carboxylic acids is 1. The zero-order valence-electron chi connectivity index (χ0n) is 6.27. The molecule has 0 aliphatic carbocycles. The van der Waals surface area contributed by atoms with Gasteiger partial charge in [-0.3, -0.25) is 4.79 Å². The third kappa shape index (κ3) is 2.28. The van der Waals surface area contributed by atoms with Crippen LogP contribution in [0.4, 0.5) is 0 Å². The van der Waals surface area contributed by atoms with Crippen molar-refractivity contribution in [1.29, 1.82) is 0 Å². The number of rotatable bonds is 1. The zero-order chi connectivity index (χ0) is 9.84. The number of aromatic nitrogens is 1. The molecular weight excluding hydrogens is 192 g/mol. The molecule has 1 aromatic rings. The van der Waals surface area contributed by atoms with E-state index in [4.69, 9.17) is 10.8 Å². The maximum Gasteiger partial charge on any atom is 0.356 e. The lowest BCUT2D eigenvalue weighted by Gasteiger charge is -1.85. The fourth-order valence-corrected chi connectivity index (χ4v) is 1.23. The highest BCUT2D eigenvalue weighted by atomic mass is 32.1. The van der Waals surface area contributed by atoms with Crippen molar-refractivity contribution in [2.45, 2.75) is 0 Å². The molecule has 0 saturated carbocycles. The number of carbonyl (C=O) groups excluding carboxylic acids is 1. The second-order valence-corrected chi connectivity index (χ2v) is 2.80. The lowest BCUT2D eigenvalue weighted by atomic mass is 10.3. The van der Waals surface area contributed by atoms with Crippen LogP contribution in [-0.4, -0.2) is 22.0 Å². The zero-order valence-corrected chi connectivity index (χ0v) is 7.09. The summed E-state index contributed by atoms with van der Waals surface area (Å²) >= 11 is 1.05. The normalized spacial score (nSPS) is 8.62. The van der Waals surface area contributed by atoms with Crippen molar-refractivity contribution >= 4 is 23.2 Å². The number of primary amides is 1. The minimum atomic E-state index is -1.17. The first-order chi connectivity index (χ1) is 6.11. The molecule has 1 amide bonds. The SMILES string of the molecule is NC(=O)C#Cc1scnc1C(=O)O. The van der Waals surface area contributed by atoms with E-state index in [1.54, 1.807) is 0 Å². The molecule has 0 aromatic carbocycles. The van der Waals surface area contributed by atoms with E-state index in [9.17, 15) is 9.59 Å². The van der Waals surface area contributed by atoms with Crippen LogP contribution in [0.3, 0.4) is 0 Å². The number of carbonyl (C=O) groups is 2. The summed E-state index contributed by atoms with van der Waals surface area (Å²) in [4.78, 5) is 24.5. The van der Waals surface area contributed by atoms with Crippen LogP contribution < -0.4 is 5.73 Å². The van der Waals surface area contributed by atoms with Gasteiger partial charge in [0.1, 0.15) is 4.88 Å². The summed E-state index contributed by atoms with van der Waals surface area (Å²) < 4.78 is 0. The average Bonchev–Trinajstić information content (AvgIpc) is 2.47. The molecule has 3 N–H and O–H groups in total. The predicted octanol–water partition coefficient (Wildman–Crippen LogP) is -0.322. The van der Waals surface area contributed by atoms with Crippen LogP contribution in [0.15, 0.2) is 5.51 Å². The van der Waals surface area contributed by atoms with Gasteiger partial charge in [-0.05, 0) is 5.92 Å². The lowest BCUT2D eigenvalue weighted by Crippen LogP contribution is -2.06. The van der Waals surface area contributed by atoms with Crippen LogP contribution in [0.5, 0.6) is 0 Å². The van der Waals surface area contributed by atoms with Gasteiger partial charge >= 0.3 is 5.97 Å². The molecule has 0 radical (unpaired) electrons. The minimum Gasteiger partial charge on any atom is -0.476 e. The van der Waals surface area contributed by atoms with E-state index in [0.29, 0.717) is 0 Å². The van der Waals surface area contributed by atoms with Gasteiger partial charge in [0.15, 0.2) is 5.69 Å². The molecular formula is C7H4N2O3S. The summed E-state index contributed by atoms with van der Waals surface area (Å²) in [6.07, 6.45) is 0. The van der Waals surface area contributed by atoms with Crippen LogP contribution in [0.2, 0.25) is 0 Å². The highest BCUT2D eigenvalue weighted by molar-refractivity contribution is 7.10. The highest BCUT2D eigenvalue weighted by Gasteiger charge is 2.10. The molecule has 0 fully saturated rings. The Morgan fingerprint density at radius 2 is 2.31 bits per heavy atom. The molecule has 0 saturated heterocycles. The smallest absolute Gasteiger partial charge is 0.356 e. The highest BCUT2D eigenvalue weighted by Crippen LogP contribution is 2.10. The van der Waals surface area contributed by atoms with E-state index in [1.807, 2.05) is 5.92 Å². The average molecular weight is 196 g/mol. The van der Waals surface area contributed by atoms with Gasteiger partial charge in [0.25, 0.3) is 5.91 Å². The van der Waals surface area contributed by atoms with Gasteiger partial charge in [-0.1, -0.05) is 0 Å². The summed E-state index contributed by atoms with van der Waals surface area (Å²) in [5, 5.41) is 8.58. The lowest BCUT2D eigenvalue weighted by molar-refractivity contribution is -0.112. The van der Waals surface area contributed by atoms with Crippen molar-refractivity contribution in [3.8, 4) is 11.8 Å². The van der Waals surface area contributed by atoms with Gasteiger partial charge in [-0.25, -0.2) is 9.78 Å². The Kier molecular flexibility index (Phi) is 2.62. The molecule has 0 atom stereocenters. The predicted molar refractivity (Wildman–Crippen MR) is 45.1 cm³/mol. The topological polar surface area (TPSA) is 93.3 Å². The molecule has 1 heterocycles. The van der Waals surface area contributed by atoms with Crippen molar-refractivity contribution in [1.82, 2.24) is 4.98 Å². The number of amides is 1. The van der Waals surface area contributed by atoms with E-state index in [1.165, 1.54) is 5.51 Å². The molecule has 0 unspecified atom stereocenters. The van der Waals surface area contributed by atoms with Crippen LogP contribution in [0.25, 0.3) is 0 Å². The Labute approximate surface area is 77.2 Å². The van der Waals surface area contributed by atoms with Crippen molar-refractivity contribution in [2.75, 3.05) is 0 Å². The van der Waals surface area contributed by atoms with E-state index >= 15 is 0 Å².